The quantitative estimate of drug-likeness (QED) is 0.566. The number of anilines is 2. The van der Waals surface area contributed by atoms with Crippen molar-refractivity contribution in [2.45, 2.75) is 0 Å². The lowest BCUT2D eigenvalue weighted by Gasteiger charge is -2.19. The number of nitrogens with zero attached hydrogens (tertiary/aromatic N) is 3. The van der Waals surface area contributed by atoms with Crippen LogP contribution in [0.5, 0.6) is 5.75 Å². The molecule has 3 aromatic rings. The van der Waals surface area contributed by atoms with Crippen molar-refractivity contribution in [1.29, 1.82) is 0 Å². The zero-order chi connectivity index (χ0) is 22.0. The van der Waals surface area contributed by atoms with Crippen LogP contribution in [0.1, 0.15) is 11.1 Å². The highest BCUT2D eigenvalue weighted by molar-refractivity contribution is 6.33. The van der Waals surface area contributed by atoms with Crippen molar-refractivity contribution >= 4 is 29.2 Å². The van der Waals surface area contributed by atoms with E-state index in [1.807, 2.05) is 43.3 Å². The fourth-order valence-electron chi connectivity index (χ4n) is 3.34. The van der Waals surface area contributed by atoms with Gasteiger partial charge in [0.05, 0.1) is 18.4 Å². The Hall–Kier alpha value is -3.93. The second-order valence-corrected chi connectivity index (χ2v) is 7.27. The van der Waals surface area contributed by atoms with Crippen molar-refractivity contribution in [3.8, 4) is 5.75 Å². The fourth-order valence-corrected chi connectivity index (χ4v) is 3.34. The van der Waals surface area contributed by atoms with Gasteiger partial charge in [0.25, 0.3) is 5.91 Å². The molecule has 0 N–H and O–H groups in total. The highest BCUT2D eigenvalue weighted by atomic mass is 19.1. The Bertz CT molecular complexity index is 1170. The summed E-state index contributed by atoms with van der Waals surface area (Å²) in [6, 6.07) is 21.1. The van der Waals surface area contributed by atoms with E-state index in [1.165, 1.54) is 11.0 Å². The molecule has 156 valence electrons. The zero-order valence-electron chi connectivity index (χ0n) is 17.5. The predicted molar refractivity (Wildman–Crippen MR) is 122 cm³/mol. The number of hydrogen-bond donors (Lipinski definition) is 0. The molecule has 0 bridgehead atoms. The molecule has 6 heteroatoms. The van der Waals surface area contributed by atoms with Crippen LogP contribution in [-0.2, 0) is 4.79 Å². The lowest BCUT2D eigenvalue weighted by Crippen LogP contribution is -2.33. The lowest BCUT2D eigenvalue weighted by atomic mass is 10.1. The summed E-state index contributed by atoms with van der Waals surface area (Å²) in [4.78, 5) is 21.3. The number of rotatable bonds is 5. The molecule has 3 aromatic carbocycles. The molecule has 1 amide bonds. The summed E-state index contributed by atoms with van der Waals surface area (Å²) in [7, 11) is 5.50. The van der Waals surface area contributed by atoms with Crippen molar-refractivity contribution in [2.75, 3.05) is 31.0 Å². The van der Waals surface area contributed by atoms with E-state index in [1.54, 1.807) is 55.7 Å². The number of methoxy groups -OCH3 is 1. The molecular weight excluding hydrogens is 393 g/mol. The second-order valence-electron chi connectivity index (χ2n) is 7.27. The number of amides is 1. The first-order chi connectivity index (χ1) is 15.0. The summed E-state index contributed by atoms with van der Waals surface area (Å²) in [5, 5.41) is 0. The van der Waals surface area contributed by atoms with Crippen LogP contribution in [-0.4, -0.2) is 32.9 Å². The van der Waals surface area contributed by atoms with E-state index in [4.69, 9.17) is 4.74 Å². The number of carbonyl (C=O) groups is 1. The van der Waals surface area contributed by atoms with Gasteiger partial charge in [0, 0.05) is 19.8 Å². The lowest BCUT2D eigenvalue weighted by molar-refractivity contribution is -0.113. The average Bonchev–Trinajstić information content (AvgIpc) is 3.10. The monoisotopic (exact) mass is 415 g/mol. The average molecular weight is 415 g/mol. The summed E-state index contributed by atoms with van der Waals surface area (Å²) < 4.78 is 19.8. The third-order valence-electron chi connectivity index (χ3n) is 5.02. The van der Waals surface area contributed by atoms with Crippen molar-refractivity contribution in [3.63, 3.8) is 0 Å². The first kappa shape index (κ1) is 20.3. The Morgan fingerprint density at radius 1 is 0.968 bits per heavy atom. The predicted octanol–water partition coefficient (Wildman–Crippen LogP) is 4.73. The van der Waals surface area contributed by atoms with Crippen molar-refractivity contribution < 1.29 is 13.9 Å². The molecule has 0 unspecified atom stereocenters. The van der Waals surface area contributed by atoms with Crippen LogP contribution >= 0.6 is 0 Å². The maximum atomic E-state index is 14.6. The largest absolute Gasteiger partial charge is 0.497 e. The molecule has 5 nitrogen and oxygen atoms in total. The minimum atomic E-state index is -0.441. The Balaban J connectivity index is 1.78. The first-order valence-corrected chi connectivity index (χ1v) is 9.79. The zero-order valence-corrected chi connectivity index (χ0v) is 17.5. The molecule has 0 spiro atoms. The normalized spacial score (nSPS) is 14.7. The number of hydrogen-bond acceptors (Lipinski definition) is 4. The number of amidine groups is 1. The van der Waals surface area contributed by atoms with Crippen molar-refractivity contribution in [3.05, 3.63) is 95.4 Å². The maximum Gasteiger partial charge on any atom is 0.282 e. The van der Waals surface area contributed by atoms with Gasteiger partial charge in [0.1, 0.15) is 17.3 Å². The molecule has 0 aromatic heterocycles. The van der Waals surface area contributed by atoms with Gasteiger partial charge in [0.15, 0.2) is 5.84 Å². The minimum absolute atomic E-state index is 0.242. The molecule has 31 heavy (non-hydrogen) atoms. The topological polar surface area (TPSA) is 45.1 Å². The smallest absolute Gasteiger partial charge is 0.282 e. The van der Waals surface area contributed by atoms with Crippen LogP contribution in [0.25, 0.3) is 6.08 Å². The van der Waals surface area contributed by atoms with Gasteiger partial charge in [-0.15, -0.1) is 0 Å². The molecule has 4 rings (SSSR count). The highest BCUT2D eigenvalue weighted by Gasteiger charge is 2.33. The van der Waals surface area contributed by atoms with E-state index >= 15 is 0 Å². The molecule has 1 aliphatic rings. The number of carbonyl (C=O) groups excluding carboxylic acids is 1. The van der Waals surface area contributed by atoms with Gasteiger partial charge in [-0.3, -0.25) is 9.69 Å². The van der Waals surface area contributed by atoms with Crippen molar-refractivity contribution in [1.82, 2.24) is 0 Å². The van der Waals surface area contributed by atoms with Crippen LogP contribution in [0.2, 0.25) is 0 Å². The Morgan fingerprint density at radius 2 is 1.65 bits per heavy atom. The molecule has 1 aliphatic heterocycles. The molecule has 0 fully saturated rings. The Morgan fingerprint density at radius 3 is 2.26 bits per heavy atom. The van der Waals surface area contributed by atoms with Gasteiger partial charge in [-0.1, -0.05) is 24.3 Å². The summed E-state index contributed by atoms with van der Waals surface area (Å²) in [5.41, 5.74) is 2.97. The van der Waals surface area contributed by atoms with Crippen LogP contribution in [0.4, 0.5) is 15.8 Å². The van der Waals surface area contributed by atoms with E-state index in [0.717, 1.165) is 11.3 Å². The SMILES string of the molecule is COc1ccc(N2C(=O)C(=Cc3ccc(N(C)C)cc3)N=C2c2ccccc2F)cc1. The Labute approximate surface area is 180 Å². The fraction of sp³-hybridized carbons (Fsp3) is 0.120. The highest BCUT2D eigenvalue weighted by Crippen LogP contribution is 2.30. The molecule has 0 radical (unpaired) electrons. The molecule has 1 heterocycles. The third kappa shape index (κ3) is 4.05. The van der Waals surface area contributed by atoms with Crippen LogP contribution in [0.15, 0.2) is 83.5 Å². The summed E-state index contributed by atoms with van der Waals surface area (Å²) in [6.45, 7) is 0. The third-order valence-corrected chi connectivity index (χ3v) is 5.02. The van der Waals surface area contributed by atoms with Gasteiger partial charge in [-0.05, 0) is 60.2 Å². The van der Waals surface area contributed by atoms with Gasteiger partial charge in [0.2, 0.25) is 0 Å². The number of halogens is 1. The van der Waals surface area contributed by atoms with E-state index in [0.29, 0.717) is 11.4 Å². The van der Waals surface area contributed by atoms with Gasteiger partial charge < -0.3 is 9.64 Å². The number of ether oxygens (including phenoxy) is 1. The molecular formula is C25H22FN3O2. The number of benzene rings is 3. The first-order valence-electron chi connectivity index (χ1n) is 9.79. The maximum absolute atomic E-state index is 14.6. The van der Waals surface area contributed by atoms with E-state index < -0.39 is 5.82 Å². The summed E-state index contributed by atoms with van der Waals surface area (Å²) in [6.07, 6.45) is 1.71. The molecule has 0 saturated carbocycles. The molecule has 0 aliphatic carbocycles. The minimum Gasteiger partial charge on any atom is -0.497 e. The van der Waals surface area contributed by atoms with Gasteiger partial charge in [-0.25, -0.2) is 9.38 Å². The van der Waals surface area contributed by atoms with Crippen LogP contribution in [0.3, 0.4) is 0 Å². The van der Waals surface area contributed by atoms with E-state index in [9.17, 15) is 9.18 Å². The van der Waals surface area contributed by atoms with Crippen molar-refractivity contribution in [2.24, 2.45) is 4.99 Å². The van der Waals surface area contributed by atoms with E-state index in [-0.39, 0.29) is 23.0 Å². The standard InChI is InChI=1S/C25H22FN3O2/c1-28(2)18-10-8-17(9-11-18)16-23-25(30)29(19-12-14-20(31-3)15-13-19)24(27-23)21-6-4-5-7-22(21)26/h4-16H,1-3H3. The molecule has 0 atom stereocenters. The summed E-state index contributed by atoms with van der Waals surface area (Å²) >= 11 is 0. The van der Waals surface area contributed by atoms with Gasteiger partial charge >= 0.3 is 0 Å². The Kier molecular flexibility index (Phi) is 5.54. The second kappa shape index (κ2) is 8.44. The van der Waals surface area contributed by atoms with Gasteiger partial charge in [-0.2, -0.15) is 0 Å². The summed E-state index contributed by atoms with van der Waals surface area (Å²) in [5.74, 6) is 0.158. The number of aliphatic imine (C=N–C) groups is 1. The van der Waals surface area contributed by atoms with Crippen LogP contribution in [0, 0.1) is 5.82 Å². The molecule has 0 saturated heterocycles. The van der Waals surface area contributed by atoms with E-state index in [2.05, 4.69) is 4.99 Å². The van der Waals surface area contributed by atoms with Crippen LogP contribution < -0.4 is 14.5 Å².